The highest BCUT2D eigenvalue weighted by molar-refractivity contribution is 5.78. The molecule has 0 aliphatic heterocycles. The Kier molecular flexibility index (Phi) is 7.83. The third-order valence-electron chi connectivity index (χ3n) is 1.62. The predicted molar refractivity (Wildman–Crippen MR) is 54.6 cm³/mol. The molecule has 0 saturated heterocycles. The first-order chi connectivity index (χ1) is 6.70. The minimum Gasteiger partial charge on any atom is -0.356 e. The smallest absolute Gasteiger partial charge is 0.221 e. The van der Waals surface area contributed by atoms with Gasteiger partial charge in [-0.15, -0.1) is 0 Å². The van der Waals surface area contributed by atoms with E-state index in [2.05, 4.69) is 10.6 Å². The summed E-state index contributed by atoms with van der Waals surface area (Å²) in [6.07, 6.45) is 1.57. The molecule has 14 heavy (non-hydrogen) atoms. The topological polar surface area (TPSA) is 84.2 Å². The van der Waals surface area contributed by atoms with E-state index in [4.69, 9.17) is 5.73 Å². The molecule has 5 nitrogen and oxygen atoms in total. The van der Waals surface area contributed by atoms with Gasteiger partial charge < -0.3 is 16.4 Å². The van der Waals surface area contributed by atoms with Crippen LogP contribution in [0.3, 0.4) is 0 Å². The van der Waals surface area contributed by atoms with Crippen molar-refractivity contribution in [3.05, 3.63) is 0 Å². The minimum absolute atomic E-state index is 0.0279. The third-order valence-corrected chi connectivity index (χ3v) is 1.62. The summed E-state index contributed by atoms with van der Waals surface area (Å²) in [6.45, 7) is 3.40. The van der Waals surface area contributed by atoms with Crippen LogP contribution >= 0.6 is 0 Å². The number of rotatable bonds is 7. The summed E-state index contributed by atoms with van der Waals surface area (Å²) in [5.74, 6) is -0.129. The van der Waals surface area contributed by atoms with Crippen LogP contribution in [0.15, 0.2) is 0 Å². The highest BCUT2D eigenvalue weighted by Gasteiger charge is 2.01. The van der Waals surface area contributed by atoms with Gasteiger partial charge in [0.1, 0.15) is 0 Å². The highest BCUT2D eigenvalue weighted by Crippen LogP contribution is 1.80. The van der Waals surface area contributed by atoms with Crippen LogP contribution in [0.25, 0.3) is 0 Å². The van der Waals surface area contributed by atoms with E-state index in [1.165, 1.54) is 0 Å². The summed E-state index contributed by atoms with van der Waals surface area (Å²) in [5, 5.41) is 5.33. The van der Waals surface area contributed by atoms with Crippen molar-refractivity contribution < 1.29 is 9.59 Å². The van der Waals surface area contributed by atoms with E-state index >= 15 is 0 Å². The number of nitrogens with two attached hydrogens (primary N) is 1. The van der Waals surface area contributed by atoms with Crippen LogP contribution in [0.5, 0.6) is 0 Å². The number of hydrogen-bond acceptors (Lipinski definition) is 3. The SMILES string of the molecule is CCCNC(=O)CCNC(=O)CCN. The fourth-order valence-electron chi connectivity index (χ4n) is 0.888. The van der Waals surface area contributed by atoms with Crippen molar-refractivity contribution in [2.45, 2.75) is 26.2 Å². The lowest BCUT2D eigenvalue weighted by Gasteiger charge is -2.04. The largest absolute Gasteiger partial charge is 0.356 e. The van der Waals surface area contributed by atoms with Crippen LogP contribution in [0.2, 0.25) is 0 Å². The zero-order chi connectivity index (χ0) is 10.8. The summed E-state index contributed by atoms with van der Waals surface area (Å²) >= 11 is 0. The Morgan fingerprint density at radius 1 is 1.07 bits per heavy atom. The fourth-order valence-corrected chi connectivity index (χ4v) is 0.888. The minimum atomic E-state index is -0.101. The second-order valence-corrected chi connectivity index (χ2v) is 2.99. The number of carbonyl (C=O) groups excluding carboxylic acids is 2. The molecule has 0 heterocycles. The van der Waals surface area contributed by atoms with Crippen molar-refractivity contribution in [3.8, 4) is 0 Å². The maximum absolute atomic E-state index is 11.1. The lowest BCUT2D eigenvalue weighted by atomic mass is 10.3. The molecule has 0 unspecified atom stereocenters. The molecule has 2 amide bonds. The van der Waals surface area contributed by atoms with Gasteiger partial charge in [0.2, 0.25) is 11.8 Å². The van der Waals surface area contributed by atoms with Gasteiger partial charge in [-0.25, -0.2) is 0 Å². The zero-order valence-electron chi connectivity index (χ0n) is 8.64. The molecule has 0 aliphatic rings. The van der Waals surface area contributed by atoms with Crippen molar-refractivity contribution in [2.75, 3.05) is 19.6 Å². The van der Waals surface area contributed by atoms with Crippen molar-refractivity contribution >= 4 is 11.8 Å². The van der Waals surface area contributed by atoms with Gasteiger partial charge in [0.25, 0.3) is 0 Å². The molecule has 0 radical (unpaired) electrons. The first-order valence-corrected chi connectivity index (χ1v) is 4.94. The standard InChI is InChI=1S/C9H19N3O2/c1-2-6-11-9(14)4-7-12-8(13)3-5-10/h2-7,10H2,1H3,(H,11,14)(H,12,13). The lowest BCUT2D eigenvalue weighted by molar-refractivity contribution is -0.122. The van der Waals surface area contributed by atoms with Crippen LogP contribution in [0, 0.1) is 0 Å². The molecule has 0 fully saturated rings. The summed E-state index contributed by atoms with van der Waals surface area (Å²) in [7, 11) is 0. The maximum Gasteiger partial charge on any atom is 0.221 e. The van der Waals surface area contributed by atoms with Crippen LogP contribution in [0.4, 0.5) is 0 Å². The molecule has 0 aromatic rings. The molecule has 0 bridgehead atoms. The van der Waals surface area contributed by atoms with E-state index in [0.29, 0.717) is 32.5 Å². The molecule has 0 aliphatic carbocycles. The lowest BCUT2D eigenvalue weighted by Crippen LogP contribution is -2.31. The molecule has 4 N–H and O–H groups in total. The average Bonchev–Trinajstić information content (AvgIpc) is 2.15. The maximum atomic E-state index is 11.1. The Morgan fingerprint density at radius 2 is 1.64 bits per heavy atom. The quantitative estimate of drug-likeness (QED) is 0.512. The van der Waals surface area contributed by atoms with Crippen molar-refractivity contribution in [1.29, 1.82) is 0 Å². The Morgan fingerprint density at radius 3 is 2.21 bits per heavy atom. The molecule has 5 heteroatoms. The molecule has 0 rings (SSSR count). The monoisotopic (exact) mass is 201 g/mol. The van der Waals surface area contributed by atoms with Crippen molar-refractivity contribution in [3.63, 3.8) is 0 Å². The van der Waals surface area contributed by atoms with Gasteiger partial charge in [-0.1, -0.05) is 6.92 Å². The van der Waals surface area contributed by atoms with Crippen LogP contribution < -0.4 is 16.4 Å². The van der Waals surface area contributed by atoms with Crippen LogP contribution in [-0.4, -0.2) is 31.4 Å². The Labute approximate surface area is 84.4 Å². The van der Waals surface area contributed by atoms with Crippen LogP contribution in [0.1, 0.15) is 26.2 Å². The summed E-state index contributed by atoms with van der Waals surface area (Å²) in [6, 6.07) is 0. The molecule has 0 aromatic carbocycles. The molecule has 0 aromatic heterocycles. The van der Waals surface area contributed by atoms with E-state index in [1.54, 1.807) is 0 Å². The molecule has 0 saturated carbocycles. The van der Waals surface area contributed by atoms with Gasteiger partial charge in [-0.2, -0.15) is 0 Å². The molecule has 82 valence electrons. The fraction of sp³-hybridized carbons (Fsp3) is 0.778. The molecule has 0 atom stereocenters. The first kappa shape index (κ1) is 12.9. The summed E-state index contributed by atoms with van der Waals surface area (Å²) in [4.78, 5) is 22.0. The average molecular weight is 201 g/mol. The summed E-state index contributed by atoms with van der Waals surface area (Å²) in [5.41, 5.74) is 5.19. The predicted octanol–water partition coefficient (Wildman–Crippen LogP) is -0.632. The van der Waals surface area contributed by atoms with Gasteiger partial charge in [-0.3, -0.25) is 9.59 Å². The second kappa shape index (κ2) is 8.50. The number of nitrogens with one attached hydrogen (secondary N) is 2. The van der Waals surface area contributed by atoms with Gasteiger partial charge in [-0.05, 0) is 6.42 Å². The number of hydrogen-bond donors (Lipinski definition) is 3. The first-order valence-electron chi connectivity index (χ1n) is 4.94. The third kappa shape index (κ3) is 7.54. The van der Waals surface area contributed by atoms with Gasteiger partial charge >= 0.3 is 0 Å². The summed E-state index contributed by atoms with van der Waals surface area (Å²) < 4.78 is 0. The Balaban J connectivity index is 3.34. The van der Waals surface area contributed by atoms with Crippen molar-refractivity contribution in [2.24, 2.45) is 5.73 Å². The Bertz CT molecular complexity index is 183. The molecular weight excluding hydrogens is 182 g/mol. The molecular formula is C9H19N3O2. The van der Waals surface area contributed by atoms with E-state index < -0.39 is 0 Å². The van der Waals surface area contributed by atoms with Gasteiger partial charge in [0, 0.05) is 32.5 Å². The van der Waals surface area contributed by atoms with Gasteiger partial charge in [0.05, 0.1) is 0 Å². The van der Waals surface area contributed by atoms with Gasteiger partial charge in [0.15, 0.2) is 0 Å². The van der Waals surface area contributed by atoms with Crippen molar-refractivity contribution in [1.82, 2.24) is 10.6 Å². The second-order valence-electron chi connectivity index (χ2n) is 2.99. The Hall–Kier alpha value is -1.10. The van der Waals surface area contributed by atoms with E-state index in [0.717, 1.165) is 6.42 Å². The zero-order valence-corrected chi connectivity index (χ0v) is 8.64. The van der Waals surface area contributed by atoms with E-state index in [9.17, 15) is 9.59 Å². The van der Waals surface area contributed by atoms with Crippen LogP contribution in [-0.2, 0) is 9.59 Å². The number of amides is 2. The highest BCUT2D eigenvalue weighted by atomic mass is 16.2. The van der Waals surface area contributed by atoms with E-state index in [1.807, 2.05) is 6.92 Å². The molecule has 0 spiro atoms. The number of carbonyl (C=O) groups is 2. The normalized spacial score (nSPS) is 9.57. The van der Waals surface area contributed by atoms with E-state index in [-0.39, 0.29) is 11.8 Å².